The topological polar surface area (TPSA) is 49.3 Å². The molecule has 0 saturated carbocycles. The molecule has 3 nitrogen and oxygen atoms in total. The fraction of sp³-hybridized carbons (Fsp3) is 0.0714. The van der Waals surface area contributed by atoms with Crippen molar-refractivity contribution in [3.63, 3.8) is 0 Å². The van der Waals surface area contributed by atoms with E-state index in [9.17, 15) is 14.3 Å². The molecule has 2 rings (SSSR count). The van der Waals surface area contributed by atoms with Gasteiger partial charge in [0.1, 0.15) is 11.6 Å². The molecule has 2 aromatic carbocycles. The molecule has 2 aromatic rings. The Balaban J connectivity index is 2.01. The fourth-order valence-corrected chi connectivity index (χ4v) is 1.62. The van der Waals surface area contributed by atoms with Gasteiger partial charge in [-0.2, -0.15) is 0 Å². The zero-order valence-electron chi connectivity index (χ0n) is 9.56. The van der Waals surface area contributed by atoms with Crippen LogP contribution in [0.15, 0.2) is 48.5 Å². The first-order chi connectivity index (χ1) is 8.63. The number of hydrogen-bond acceptors (Lipinski definition) is 2. The molecule has 0 aromatic heterocycles. The summed E-state index contributed by atoms with van der Waals surface area (Å²) in [5.41, 5.74) is 1.11. The minimum absolute atomic E-state index is 0.117. The minimum atomic E-state index is -0.398. The monoisotopic (exact) mass is 245 g/mol. The highest BCUT2D eigenvalue weighted by Gasteiger charge is 2.05. The standard InChI is InChI=1S/C14H12FNO2/c15-11-4-2-5-12(9-11)16-14(18)8-10-3-1-6-13(17)7-10/h1-7,9,17H,8H2,(H,16,18). The Hall–Kier alpha value is -2.36. The molecule has 18 heavy (non-hydrogen) atoms. The smallest absolute Gasteiger partial charge is 0.228 e. The van der Waals surface area contributed by atoms with Crippen molar-refractivity contribution in [3.05, 3.63) is 59.9 Å². The number of carbonyl (C=O) groups excluding carboxylic acids is 1. The summed E-state index contributed by atoms with van der Waals surface area (Å²) in [5, 5.41) is 11.9. The second kappa shape index (κ2) is 5.31. The van der Waals surface area contributed by atoms with Gasteiger partial charge in [-0.1, -0.05) is 18.2 Å². The van der Waals surface area contributed by atoms with Crippen LogP contribution < -0.4 is 5.32 Å². The number of carbonyl (C=O) groups is 1. The second-order valence-electron chi connectivity index (χ2n) is 3.91. The third-order valence-electron chi connectivity index (χ3n) is 2.38. The van der Waals surface area contributed by atoms with Crippen molar-refractivity contribution < 1.29 is 14.3 Å². The maximum atomic E-state index is 12.9. The fourth-order valence-electron chi connectivity index (χ4n) is 1.62. The average molecular weight is 245 g/mol. The molecule has 0 bridgehead atoms. The van der Waals surface area contributed by atoms with E-state index in [2.05, 4.69) is 5.32 Å². The molecule has 92 valence electrons. The first-order valence-corrected chi connectivity index (χ1v) is 5.47. The molecular weight excluding hydrogens is 233 g/mol. The van der Waals surface area contributed by atoms with E-state index in [4.69, 9.17) is 0 Å². The van der Waals surface area contributed by atoms with E-state index in [1.54, 1.807) is 18.2 Å². The SMILES string of the molecule is O=C(Cc1cccc(O)c1)Nc1cccc(F)c1. The van der Waals surface area contributed by atoms with Crippen LogP contribution in [-0.4, -0.2) is 11.0 Å². The third kappa shape index (κ3) is 3.31. The predicted octanol–water partition coefficient (Wildman–Crippen LogP) is 2.71. The molecule has 0 fully saturated rings. The van der Waals surface area contributed by atoms with Gasteiger partial charge in [0.2, 0.25) is 5.91 Å². The average Bonchev–Trinajstić information content (AvgIpc) is 2.28. The number of nitrogens with one attached hydrogen (secondary N) is 1. The van der Waals surface area contributed by atoms with Crippen LogP contribution in [-0.2, 0) is 11.2 Å². The third-order valence-corrected chi connectivity index (χ3v) is 2.38. The summed E-state index contributed by atoms with van der Waals surface area (Å²) in [7, 11) is 0. The van der Waals surface area contributed by atoms with Gasteiger partial charge in [0.15, 0.2) is 0 Å². The maximum Gasteiger partial charge on any atom is 0.228 e. The molecule has 0 radical (unpaired) electrons. The minimum Gasteiger partial charge on any atom is -0.508 e. The van der Waals surface area contributed by atoms with Crippen molar-refractivity contribution >= 4 is 11.6 Å². The van der Waals surface area contributed by atoms with Gasteiger partial charge in [-0.25, -0.2) is 4.39 Å². The number of hydrogen-bond donors (Lipinski definition) is 2. The second-order valence-corrected chi connectivity index (χ2v) is 3.91. The number of benzene rings is 2. The number of rotatable bonds is 3. The highest BCUT2D eigenvalue weighted by molar-refractivity contribution is 5.92. The summed E-state index contributed by atoms with van der Waals surface area (Å²) in [6.07, 6.45) is 0.130. The lowest BCUT2D eigenvalue weighted by Gasteiger charge is -2.05. The predicted molar refractivity (Wildman–Crippen MR) is 66.8 cm³/mol. The first-order valence-electron chi connectivity index (χ1n) is 5.47. The quantitative estimate of drug-likeness (QED) is 0.873. The molecule has 0 unspecified atom stereocenters. The van der Waals surface area contributed by atoms with E-state index >= 15 is 0 Å². The lowest BCUT2D eigenvalue weighted by Crippen LogP contribution is -2.14. The molecule has 2 N–H and O–H groups in total. The largest absolute Gasteiger partial charge is 0.508 e. The molecular formula is C14H12FNO2. The molecule has 0 aliphatic carbocycles. The van der Waals surface area contributed by atoms with Crippen LogP contribution in [0.3, 0.4) is 0 Å². The van der Waals surface area contributed by atoms with Gasteiger partial charge in [-0.05, 0) is 35.9 Å². The van der Waals surface area contributed by atoms with Crippen LogP contribution in [0.2, 0.25) is 0 Å². The first kappa shape index (κ1) is 12.1. The number of amides is 1. The lowest BCUT2D eigenvalue weighted by atomic mass is 10.1. The van der Waals surface area contributed by atoms with Crippen LogP contribution in [0.25, 0.3) is 0 Å². The Kier molecular flexibility index (Phi) is 3.57. The van der Waals surface area contributed by atoms with Gasteiger partial charge in [0.25, 0.3) is 0 Å². The maximum absolute atomic E-state index is 12.9. The van der Waals surface area contributed by atoms with Crippen molar-refractivity contribution in [2.75, 3.05) is 5.32 Å². The van der Waals surface area contributed by atoms with E-state index in [0.717, 1.165) is 0 Å². The molecule has 1 amide bonds. The number of phenolic OH excluding ortho intramolecular Hbond substituents is 1. The van der Waals surface area contributed by atoms with E-state index in [1.807, 2.05) is 0 Å². The van der Waals surface area contributed by atoms with Crippen molar-refractivity contribution in [1.82, 2.24) is 0 Å². The van der Waals surface area contributed by atoms with Crippen molar-refractivity contribution in [3.8, 4) is 5.75 Å². The Bertz CT molecular complexity index is 520. The van der Waals surface area contributed by atoms with Crippen LogP contribution in [0.1, 0.15) is 5.56 Å². The van der Waals surface area contributed by atoms with Gasteiger partial charge in [0.05, 0.1) is 6.42 Å². The molecule has 0 saturated heterocycles. The van der Waals surface area contributed by atoms with Gasteiger partial charge < -0.3 is 10.4 Å². The summed E-state index contributed by atoms with van der Waals surface area (Å²) in [4.78, 5) is 11.7. The zero-order valence-corrected chi connectivity index (χ0v) is 9.56. The molecule has 0 spiro atoms. The summed E-state index contributed by atoms with van der Waals surface area (Å²) in [5.74, 6) is -0.539. The van der Waals surface area contributed by atoms with Crippen LogP contribution >= 0.6 is 0 Å². The van der Waals surface area contributed by atoms with E-state index in [-0.39, 0.29) is 18.1 Å². The number of halogens is 1. The lowest BCUT2D eigenvalue weighted by molar-refractivity contribution is -0.115. The summed E-state index contributed by atoms with van der Waals surface area (Å²) < 4.78 is 12.9. The highest BCUT2D eigenvalue weighted by atomic mass is 19.1. The Morgan fingerprint density at radius 2 is 1.94 bits per heavy atom. The van der Waals surface area contributed by atoms with E-state index < -0.39 is 5.82 Å². The van der Waals surface area contributed by atoms with Gasteiger partial charge in [0, 0.05) is 5.69 Å². The van der Waals surface area contributed by atoms with E-state index in [1.165, 1.54) is 30.3 Å². The number of phenols is 1. The van der Waals surface area contributed by atoms with Gasteiger partial charge in [-0.3, -0.25) is 4.79 Å². The summed E-state index contributed by atoms with van der Waals surface area (Å²) in [6.45, 7) is 0. The van der Waals surface area contributed by atoms with Gasteiger partial charge in [-0.15, -0.1) is 0 Å². The Morgan fingerprint density at radius 1 is 1.17 bits per heavy atom. The van der Waals surface area contributed by atoms with Gasteiger partial charge >= 0.3 is 0 Å². The number of anilines is 1. The molecule has 0 heterocycles. The Morgan fingerprint density at radius 3 is 2.67 bits per heavy atom. The molecule has 0 aliphatic heterocycles. The normalized spacial score (nSPS) is 10.1. The zero-order chi connectivity index (χ0) is 13.0. The van der Waals surface area contributed by atoms with Crippen LogP contribution in [0, 0.1) is 5.82 Å². The molecule has 4 heteroatoms. The molecule has 0 atom stereocenters. The highest BCUT2D eigenvalue weighted by Crippen LogP contribution is 2.13. The number of aromatic hydroxyl groups is 1. The van der Waals surface area contributed by atoms with Crippen molar-refractivity contribution in [2.45, 2.75) is 6.42 Å². The molecule has 0 aliphatic rings. The summed E-state index contributed by atoms with van der Waals surface area (Å²) >= 11 is 0. The summed E-state index contributed by atoms with van der Waals surface area (Å²) in [6, 6.07) is 12.2. The Labute approximate surface area is 104 Å². The van der Waals surface area contributed by atoms with Crippen molar-refractivity contribution in [2.24, 2.45) is 0 Å². The van der Waals surface area contributed by atoms with Crippen LogP contribution in [0.5, 0.6) is 5.75 Å². The van der Waals surface area contributed by atoms with Crippen LogP contribution in [0.4, 0.5) is 10.1 Å². The van der Waals surface area contributed by atoms with Crippen molar-refractivity contribution in [1.29, 1.82) is 0 Å². The van der Waals surface area contributed by atoms with E-state index in [0.29, 0.717) is 11.3 Å².